The topological polar surface area (TPSA) is 21.3 Å². The summed E-state index contributed by atoms with van der Waals surface area (Å²) in [5.74, 6) is 0. The molecule has 0 spiro atoms. The predicted molar refractivity (Wildman–Crippen MR) is 59.9 cm³/mol. The molecule has 0 radical (unpaired) electrons. The minimum atomic E-state index is 0.0220. The molecule has 78 valence electrons. The van der Waals surface area contributed by atoms with Crippen molar-refractivity contribution in [2.75, 3.05) is 19.0 Å². The lowest BCUT2D eigenvalue weighted by molar-refractivity contribution is 0.192. The summed E-state index contributed by atoms with van der Waals surface area (Å²) >= 11 is 0. The third-order valence-corrected chi connectivity index (χ3v) is 3.93. The number of hydrogen-bond acceptors (Lipinski definition) is 2. The average molecular weight is 201 g/mol. The lowest BCUT2D eigenvalue weighted by atomic mass is 9.96. The van der Waals surface area contributed by atoms with Crippen molar-refractivity contribution in [1.29, 1.82) is 0 Å². The highest BCUT2D eigenvalue weighted by Crippen LogP contribution is 2.16. The first-order valence-corrected chi connectivity index (χ1v) is 7.74. The van der Waals surface area contributed by atoms with Gasteiger partial charge in [-0.3, -0.25) is 0 Å². The fourth-order valence-electron chi connectivity index (χ4n) is 1.93. The van der Waals surface area contributed by atoms with Gasteiger partial charge in [-0.2, -0.15) is 0 Å². The Morgan fingerprint density at radius 3 is 2.77 bits per heavy atom. The average Bonchev–Trinajstić information content (AvgIpc) is 2.19. The van der Waals surface area contributed by atoms with E-state index >= 15 is 0 Å². The highest BCUT2D eigenvalue weighted by Gasteiger charge is 2.11. The Morgan fingerprint density at radius 1 is 1.31 bits per heavy atom. The molecule has 0 aromatic rings. The van der Waals surface area contributed by atoms with Crippen LogP contribution < -0.4 is 5.32 Å². The van der Waals surface area contributed by atoms with Gasteiger partial charge in [-0.25, -0.2) is 0 Å². The Bertz CT molecular complexity index is 115. The number of ether oxygens (including phenoxy) is 1. The van der Waals surface area contributed by atoms with Crippen LogP contribution in [0.25, 0.3) is 0 Å². The molecule has 1 aliphatic rings. The smallest absolute Gasteiger partial charge is 0.0674 e. The maximum absolute atomic E-state index is 5.34. The molecule has 0 heterocycles. The van der Waals surface area contributed by atoms with Gasteiger partial charge in [0.1, 0.15) is 0 Å². The second-order valence-electron chi connectivity index (χ2n) is 3.84. The summed E-state index contributed by atoms with van der Waals surface area (Å²) in [5, 5.41) is 3.66. The summed E-state index contributed by atoms with van der Waals surface area (Å²) in [6.45, 7) is 2.96. The van der Waals surface area contributed by atoms with Gasteiger partial charge in [0.25, 0.3) is 0 Å². The molecule has 0 unspecified atom stereocenters. The molecular weight excluding hydrogens is 178 g/mol. The number of nitrogens with one attached hydrogen (secondary N) is 1. The van der Waals surface area contributed by atoms with E-state index in [0.717, 1.165) is 18.9 Å². The highest BCUT2D eigenvalue weighted by molar-refractivity contribution is 6.35. The van der Waals surface area contributed by atoms with Crippen LogP contribution in [0.2, 0.25) is 0 Å². The molecule has 1 fully saturated rings. The Hall–Kier alpha value is 0.137. The Labute approximate surface area is 84.3 Å². The summed E-state index contributed by atoms with van der Waals surface area (Å²) in [6.07, 6.45) is 9.46. The summed E-state index contributed by atoms with van der Waals surface area (Å²) < 4.78 is 5.34. The molecule has 2 nitrogen and oxygen atoms in total. The van der Waals surface area contributed by atoms with E-state index in [4.69, 9.17) is 4.74 Å². The molecule has 0 amide bonds. The van der Waals surface area contributed by atoms with E-state index in [-0.39, 0.29) is 9.52 Å². The summed E-state index contributed by atoms with van der Waals surface area (Å²) in [6, 6.07) is 0.836. The highest BCUT2D eigenvalue weighted by atomic mass is 28.2. The fraction of sp³-hybridized carbons (Fsp3) is 1.00. The second-order valence-corrected chi connectivity index (χ2v) is 5.45. The standard InChI is InChI=1S/C10H23NOSi/c1-2-12-9-13-8-11-10-6-4-3-5-7-10/h10-11H,2-9,13H2,1H3. The van der Waals surface area contributed by atoms with E-state index in [9.17, 15) is 0 Å². The molecule has 1 aliphatic carbocycles. The quantitative estimate of drug-likeness (QED) is 0.512. The van der Waals surface area contributed by atoms with E-state index in [0.29, 0.717) is 0 Å². The van der Waals surface area contributed by atoms with Crippen molar-refractivity contribution in [1.82, 2.24) is 5.32 Å². The molecule has 1 N–H and O–H groups in total. The van der Waals surface area contributed by atoms with Crippen LogP contribution >= 0.6 is 0 Å². The van der Waals surface area contributed by atoms with Crippen molar-refractivity contribution in [2.24, 2.45) is 0 Å². The SMILES string of the molecule is CCOC[SiH2]CNC1CCCCC1. The minimum Gasteiger partial charge on any atom is -0.386 e. The van der Waals surface area contributed by atoms with Gasteiger partial charge in [0.15, 0.2) is 0 Å². The van der Waals surface area contributed by atoms with Crippen LogP contribution in [-0.4, -0.2) is 34.6 Å². The normalized spacial score (nSPS) is 20.1. The van der Waals surface area contributed by atoms with Crippen molar-refractivity contribution < 1.29 is 4.74 Å². The molecule has 0 aromatic heterocycles. The Kier molecular flexibility index (Phi) is 6.50. The third-order valence-electron chi connectivity index (χ3n) is 2.71. The van der Waals surface area contributed by atoms with E-state index < -0.39 is 0 Å². The molecule has 1 rings (SSSR count). The van der Waals surface area contributed by atoms with Crippen LogP contribution in [-0.2, 0) is 4.74 Å². The minimum absolute atomic E-state index is 0.0220. The first-order valence-electron chi connectivity index (χ1n) is 5.74. The summed E-state index contributed by atoms with van der Waals surface area (Å²) in [5.41, 5.74) is 0. The summed E-state index contributed by atoms with van der Waals surface area (Å²) in [7, 11) is 0.0220. The number of hydrogen-bond donors (Lipinski definition) is 1. The molecule has 1 saturated carbocycles. The fourth-order valence-corrected chi connectivity index (χ4v) is 3.18. The Morgan fingerprint density at radius 2 is 2.08 bits per heavy atom. The molecule has 3 heteroatoms. The lowest BCUT2D eigenvalue weighted by Crippen LogP contribution is -2.35. The maximum atomic E-state index is 5.34. The monoisotopic (exact) mass is 201 g/mol. The molecule has 0 bridgehead atoms. The van der Waals surface area contributed by atoms with Crippen molar-refractivity contribution in [3.63, 3.8) is 0 Å². The molecule has 0 atom stereocenters. The van der Waals surface area contributed by atoms with Crippen LogP contribution in [0.4, 0.5) is 0 Å². The molecule has 0 saturated heterocycles. The van der Waals surface area contributed by atoms with Crippen molar-refractivity contribution in [3.8, 4) is 0 Å². The molecule has 0 aromatic carbocycles. The van der Waals surface area contributed by atoms with E-state index in [2.05, 4.69) is 12.2 Å². The van der Waals surface area contributed by atoms with E-state index in [1.165, 1.54) is 38.3 Å². The van der Waals surface area contributed by atoms with Gasteiger partial charge in [0.2, 0.25) is 0 Å². The maximum Gasteiger partial charge on any atom is 0.0674 e. The first kappa shape index (κ1) is 11.2. The van der Waals surface area contributed by atoms with Crippen LogP contribution in [0.3, 0.4) is 0 Å². The van der Waals surface area contributed by atoms with Gasteiger partial charge < -0.3 is 10.1 Å². The van der Waals surface area contributed by atoms with Gasteiger partial charge in [-0.15, -0.1) is 0 Å². The second kappa shape index (κ2) is 7.53. The van der Waals surface area contributed by atoms with Crippen molar-refractivity contribution in [3.05, 3.63) is 0 Å². The zero-order chi connectivity index (χ0) is 9.36. The van der Waals surface area contributed by atoms with Crippen LogP contribution in [0.1, 0.15) is 39.0 Å². The third kappa shape index (κ3) is 5.44. The molecule has 0 aliphatic heterocycles. The lowest BCUT2D eigenvalue weighted by Gasteiger charge is -2.22. The van der Waals surface area contributed by atoms with Crippen LogP contribution in [0, 0.1) is 0 Å². The predicted octanol–water partition coefficient (Wildman–Crippen LogP) is 1.03. The zero-order valence-electron chi connectivity index (χ0n) is 8.85. The van der Waals surface area contributed by atoms with Gasteiger partial charge in [-0.05, 0) is 25.9 Å². The van der Waals surface area contributed by atoms with E-state index in [1.807, 2.05) is 0 Å². The summed E-state index contributed by atoms with van der Waals surface area (Å²) in [4.78, 5) is 0. The largest absolute Gasteiger partial charge is 0.386 e. The Balaban J connectivity index is 1.86. The van der Waals surface area contributed by atoms with Crippen LogP contribution in [0.5, 0.6) is 0 Å². The first-order chi connectivity index (χ1) is 6.43. The molecule has 13 heavy (non-hydrogen) atoms. The molecular formula is C10H23NOSi. The zero-order valence-corrected chi connectivity index (χ0v) is 10.3. The van der Waals surface area contributed by atoms with Crippen molar-refractivity contribution >= 4 is 9.52 Å². The van der Waals surface area contributed by atoms with E-state index in [1.54, 1.807) is 0 Å². The van der Waals surface area contributed by atoms with Gasteiger partial charge in [0.05, 0.1) is 9.52 Å². The van der Waals surface area contributed by atoms with Gasteiger partial charge in [0, 0.05) is 18.9 Å². The van der Waals surface area contributed by atoms with Crippen LogP contribution in [0.15, 0.2) is 0 Å². The van der Waals surface area contributed by atoms with Gasteiger partial charge >= 0.3 is 0 Å². The van der Waals surface area contributed by atoms with Crippen molar-refractivity contribution in [2.45, 2.75) is 45.1 Å². The van der Waals surface area contributed by atoms with Gasteiger partial charge in [-0.1, -0.05) is 19.3 Å². The number of rotatable bonds is 6.